The summed E-state index contributed by atoms with van der Waals surface area (Å²) in [6.07, 6.45) is -4.77. The van der Waals surface area contributed by atoms with Crippen molar-refractivity contribution in [3.63, 3.8) is 0 Å². The fraction of sp³-hybridized carbons (Fsp3) is 0.417. The van der Waals surface area contributed by atoms with E-state index in [-0.39, 0.29) is 0 Å². The summed E-state index contributed by atoms with van der Waals surface area (Å²) in [6.45, 7) is 2.92. The van der Waals surface area contributed by atoms with Gasteiger partial charge in [-0.1, -0.05) is 15.9 Å². The molecule has 1 unspecified atom stereocenters. The number of carbonyl (C=O) groups is 1. The number of rotatable bonds is 4. The minimum absolute atomic E-state index is 0.466. The van der Waals surface area contributed by atoms with Crippen LogP contribution in [0.5, 0.6) is 0 Å². The summed E-state index contributed by atoms with van der Waals surface area (Å²) in [5.41, 5.74) is 2.19. The molecule has 0 heterocycles. The van der Waals surface area contributed by atoms with Gasteiger partial charge in [0.25, 0.3) is 0 Å². The van der Waals surface area contributed by atoms with Crippen molar-refractivity contribution in [2.75, 3.05) is 11.9 Å². The van der Waals surface area contributed by atoms with Crippen molar-refractivity contribution in [3.8, 4) is 0 Å². The van der Waals surface area contributed by atoms with Crippen molar-refractivity contribution in [3.05, 3.63) is 27.7 Å². The SMILES string of the molecule is Cc1cc(NCC(C(=O)O)C(F)(F)F)cc(C)c1Br. The predicted molar refractivity (Wildman–Crippen MR) is 69.3 cm³/mol. The van der Waals surface area contributed by atoms with Crippen LogP contribution in [-0.4, -0.2) is 23.8 Å². The van der Waals surface area contributed by atoms with Crippen molar-refractivity contribution in [1.82, 2.24) is 0 Å². The van der Waals surface area contributed by atoms with E-state index in [1.54, 1.807) is 26.0 Å². The van der Waals surface area contributed by atoms with E-state index in [1.807, 2.05) is 0 Å². The maximum absolute atomic E-state index is 12.5. The second-order valence-corrected chi connectivity index (χ2v) is 5.03. The summed E-state index contributed by atoms with van der Waals surface area (Å²) in [4.78, 5) is 10.6. The van der Waals surface area contributed by atoms with Gasteiger partial charge in [-0.25, -0.2) is 0 Å². The zero-order chi connectivity index (χ0) is 14.8. The van der Waals surface area contributed by atoms with Crippen molar-refractivity contribution in [1.29, 1.82) is 0 Å². The fourth-order valence-electron chi connectivity index (χ4n) is 1.61. The van der Waals surface area contributed by atoms with E-state index in [0.717, 1.165) is 15.6 Å². The number of nitrogens with one attached hydrogen (secondary N) is 1. The van der Waals surface area contributed by atoms with Crippen molar-refractivity contribution < 1.29 is 23.1 Å². The second-order valence-electron chi connectivity index (χ2n) is 4.24. The molecule has 19 heavy (non-hydrogen) atoms. The minimum atomic E-state index is -4.77. The van der Waals surface area contributed by atoms with Crippen LogP contribution in [0.3, 0.4) is 0 Å². The Morgan fingerprint density at radius 3 is 2.21 bits per heavy atom. The zero-order valence-electron chi connectivity index (χ0n) is 10.3. The van der Waals surface area contributed by atoms with Crippen LogP contribution in [0, 0.1) is 19.8 Å². The monoisotopic (exact) mass is 339 g/mol. The molecule has 0 aromatic heterocycles. The molecule has 0 radical (unpaired) electrons. The smallest absolute Gasteiger partial charge is 0.403 e. The van der Waals surface area contributed by atoms with Crippen LogP contribution < -0.4 is 5.32 Å². The third kappa shape index (κ3) is 4.12. The number of benzene rings is 1. The number of aliphatic carboxylic acids is 1. The topological polar surface area (TPSA) is 49.3 Å². The van der Waals surface area contributed by atoms with Gasteiger partial charge in [0.2, 0.25) is 0 Å². The first-order valence-electron chi connectivity index (χ1n) is 5.43. The lowest BCUT2D eigenvalue weighted by molar-refractivity contribution is -0.190. The van der Waals surface area contributed by atoms with Gasteiger partial charge < -0.3 is 10.4 Å². The lowest BCUT2D eigenvalue weighted by Gasteiger charge is -2.18. The van der Waals surface area contributed by atoms with Gasteiger partial charge in [-0.3, -0.25) is 4.79 Å². The summed E-state index contributed by atoms with van der Waals surface area (Å²) in [6, 6.07) is 3.32. The second kappa shape index (κ2) is 5.81. The average molecular weight is 340 g/mol. The highest BCUT2D eigenvalue weighted by Crippen LogP contribution is 2.28. The average Bonchev–Trinajstić information content (AvgIpc) is 2.23. The third-order valence-corrected chi connectivity index (χ3v) is 3.89. The number of hydrogen-bond donors (Lipinski definition) is 2. The first-order chi connectivity index (χ1) is 8.62. The van der Waals surface area contributed by atoms with E-state index < -0.39 is 24.6 Å². The quantitative estimate of drug-likeness (QED) is 0.878. The normalized spacial score (nSPS) is 13.2. The molecule has 0 fully saturated rings. The van der Waals surface area contributed by atoms with Gasteiger partial charge in [0.05, 0.1) is 0 Å². The molecule has 0 aliphatic rings. The molecule has 2 N–H and O–H groups in total. The summed E-state index contributed by atoms with van der Waals surface area (Å²) < 4.78 is 38.3. The number of aryl methyl sites for hydroxylation is 2. The molecule has 3 nitrogen and oxygen atoms in total. The molecule has 1 aromatic rings. The number of hydrogen-bond acceptors (Lipinski definition) is 2. The van der Waals surface area contributed by atoms with E-state index in [1.165, 1.54) is 0 Å². The Hall–Kier alpha value is -1.24. The standard InChI is InChI=1S/C12H13BrF3NO2/c1-6-3-8(4-7(2)10(6)13)17-5-9(11(18)19)12(14,15)16/h3-4,9,17H,5H2,1-2H3,(H,18,19). The largest absolute Gasteiger partial charge is 0.481 e. The van der Waals surface area contributed by atoms with E-state index in [4.69, 9.17) is 5.11 Å². The number of carboxylic acid groups (broad SMARTS) is 1. The van der Waals surface area contributed by atoms with Gasteiger partial charge in [0, 0.05) is 16.7 Å². The molecule has 0 amide bonds. The first-order valence-corrected chi connectivity index (χ1v) is 6.22. The van der Waals surface area contributed by atoms with Crippen molar-refractivity contribution in [2.24, 2.45) is 5.92 Å². The maximum atomic E-state index is 12.5. The highest BCUT2D eigenvalue weighted by molar-refractivity contribution is 9.10. The minimum Gasteiger partial charge on any atom is -0.481 e. The summed E-state index contributed by atoms with van der Waals surface area (Å²) >= 11 is 3.35. The van der Waals surface area contributed by atoms with Crippen LogP contribution in [0.25, 0.3) is 0 Å². The molecular formula is C12H13BrF3NO2. The molecule has 1 aromatic carbocycles. The number of carboxylic acids is 1. The van der Waals surface area contributed by atoms with Crippen LogP contribution in [0.2, 0.25) is 0 Å². The molecule has 7 heteroatoms. The Morgan fingerprint density at radius 1 is 1.37 bits per heavy atom. The van der Waals surface area contributed by atoms with Crippen LogP contribution >= 0.6 is 15.9 Å². The van der Waals surface area contributed by atoms with Crippen molar-refractivity contribution >= 4 is 27.6 Å². The summed E-state index contributed by atoms with van der Waals surface area (Å²) in [7, 11) is 0. The number of anilines is 1. The Balaban J connectivity index is 2.84. The molecule has 0 saturated carbocycles. The van der Waals surface area contributed by atoms with E-state index in [2.05, 4.69) is 21.2 Å². The lowest BCUT2D eigenvalue weighted by atomic mass is 10.1. The Morgan fingerprint density at radius 2 is 1.84 bits per heavy atom. The molecule has 0 spiro atoms. The molecule has 0 aliphatic heterocycles. The first kappa shape index (κ1) is 15.8. The van der Waals surface area contributed by atoms with Gasteiger partial charge in [-0.05, 0) is 37.1 Å². The number of halogens is 4. The van der Waals surface area contributed by atoms with Gasteiger partial charge in [0.1, 0.15) is 0 Å². The molecule has 0 bridgehead atoms. The Labute approximate surface area is 116 Å². The highest BCUT2D eigenvalue weighted by Gasteiger charge is 2.44. The lowest BCUT2D eigenvalue weighted by Crippen LogP contribution is -2.36. The van der Waals surface area contributed by atoms with E-state index in [9.17, 15) is 18.0 Å². The molecule has 106 valence electrons. The van der Waals surface area contributed by atoms with Crippen LogP contribution in [-0.2, 0) is 4.79 Å². The van der Waals surface area contributed by atoms with Crippen LogP contribution in [0.1, 0.15) is 11.1 Å². The van der Waals surface area contributed by atoms with E-state index in [0.29, 0.717) is 5.69 Å². The van der Waals surface area contributed by atoms with Crippen LogP contribution in [0.4, 0.5) is 18.9 Å². The molecule has 1 rings (SSSR count). The molecule has 0 saturated heterocycles. The van der Waals surface area contributed by atoms with Gasteiger partial charge in [-0.15, -0.1) is 0 Å². The Bertz CT molecular complexity index is 465. The van der Waals surface area contributed by atoms with Crippen molar-refractivity contribution in [2.45, 2.75) is 20.0 Å². The summed E-state index contributed by atoms with van der Waals surface area (Å²) in [5.74, 6) is -4.30. The molecule has 0 aliphatic carbocycles. The zero-order valence-corrected chi connectivity index (χ0v) is 11.9. The van der Waals surface area contributed by atoms with Crippen LogP contribution in [0.15, 0.2) is 16.6 Å². The maximum Gasteiger partial charge on any atom is 0.403 e. The molecular weight excluding hydrogens is 327 g/mol. The highest BCUT2D eigenvalue weighted by atomic mass is 79.9. The van der Waals surface area contributed by atoms with Gasteiger partial charge >= 0.3 is 12.1 Å². The predicted octanol–water partition coefficient (Wildman–Crippen LogP) is 3.74. The van der Waals surface area contributed by atoms with Gasteiger partial charge in [-0.2, -0.15) is 13.2 Å². The molecule has 1 atom stereocenters. The van der Waals surface area contributed by atoms with Gasteiger partial charge in [0.15, 0.2) is 5.92 Å². The fourth-order valence-corrected chi connectivity index (χ4v) is 1.84. The van der Waals surface area contributed by atoms with E-state index >= 15 is 0 Å². The Kier molecular flexibility index (Phi) is 4.84. The number of alkyl halides is 3. The third-order valence-electron chi connectivity index (χ3n) is 2.64. The summed E-state index contributed by atoms with van der Waals surface area (Å²) in [5, 5.41) is 11.1.